The van der Waals surface area contributed by atoms with Gasteiger partial charge >= 0.3 is 0 Å². The fourth-order valence-corrected chi connectivity index (χ4v) is 3.47. The van der Waals surface area contributed by atoms with Gasteiger partial charge in [0.15, 0.2) is 0 Å². The van der Waals surface area contributed by atoms with Crippen molar-refractivity contribution in [2.24, 2.45) is 5.41 Å². The zero-order valence-corrected chi connectivity index (χ0v) is 17.4. The Hall–Kier alpha value is -2.86. The molecule has 0 saturated carbocycles. The third-order valence-corrected chi connectivity index (χ3v) is 5.37. The minimum Gasteiger partial charge on any atom is -0.495 e. The van der Waals surface area contributed by atoms with Crippen LogP contribution in [-0.2, 0) is 16.1 Å². The van der Waals surface area contributed by atoms with E-state index in [0.717, 1.165) is 19.6 Å². The summed E-state index contributed by atoms with van der Waals surface area (Å²) in [6.07, 6.45) is 0. The Morgan fingerprint density at radius 3 is 2.24 bits per heavy atom. The highest BCUT2D eigenvalue weighted by molar-refractivity contribution is 6.10. The molecule has 0 unspecified atom stereocenters. The lowest BCUT2D eigenvalue weighted by atomic mass is 9.89. The van der Waals surface area contributed by atoms with E-state index >= 15 is 0 Å². The van der Waals surface area contributed by atoms with Gasteiger partial charge in [0.2, 0.25) is 11.8 Å². The monoisotopic (exact) mass is 395 g/mol. The molecule has 154 valence electrons. The molecule has 1 fully saturated rings. The molecule has 29 heavy (non-hydrogen) atoms. The Labute approximate surface area is 172 Å². The van der Waals surface area contributed by atoms with Crippen molar-refractivity contribution in [3.63, 3.8) is 0 Å². The second kappa shape index (κ2) is 9.09. The van der Waals surface area contributed by atoms with Crippen LogP contribution in [0, 0.1) is 5.41 Å². The molecule has 1 aliphatic rings. The van der Waals surface area contributed by atoms with Gasteiger partial charge in [-0.05, 0) is 31.5 Å². The molecule has 2 aromatic rings. The molecule has 0 aliphatic carbocycles. The molecule has 1 saturated heterocycles. The molecule has 0 radical (unpaired) electrons. The van der Waals surface area contributed by atoms with E-state index in [4.69, 9.17) is 4.74 Å². The summed E-state index contributed by atoms with van der Waals surface area (Å²) in [5, 5.41) is 2.84. The number of anilines is 1. The lowest BCUT2D eigenvalue weighted by Crippen LogP contribution is -2.54. The molecule has 2 amide bonds. The highest BCUT2D eigenvalue weighted by Gasteiger charge is 2.40. The van der Waals surface area contributed by atoms with Gasteiger partial charge in [0.05, 0.1) is 12.8 Å². The molecular formula is C23H29N3O3. The third kappa shape index (κ3) is 4.95. The van der Waals surface area contributed by atoms with Crippen LogP contribution in [0.5, 0.6) is 5.75 Å². The Bertz CT molecular complexity index is 843. The molecule has 0 bridgehead atoms. The standard InChI is InChI=1S/C23H29N3O3/c1-23(2,21(27)24-19-11-7-8-12-20(19)29-3)22(28)26-15-13-25(14-16-26)17-18-9-5-4-6-10-18/h4-12H,13-17H2,1-3H3,(H,24,27). The van der Waals surface area contributed by atoms with Crippen LogP contribution in [0.3, 0.4) is 0 Å². The van der Waals surface area contributed by atoms with Crippen LogP contribution in [0.2, 0.25) is 0 Å². The van der Waals surface area contributed by atoms with Crippen molar-refractivity contribution in [2.75, 3.05) is 38.6 Å². The first-order valence-corrected chi connectivity index (χ1v) is 9.92. The largest absolute Gasteiger partial charge is 0.495 e. The smallest absolute Gasteiger partial charge is 0.239 e. The van der Waals surface area contributed by atoms with Gasteiger partial charge in [0, 0.05) is 32.7 Å². The van der Waals surface area contributed by atoms with Gasteiger partial charge in [-0.1, -0.05) is 42.5 Å². The Kier molecular flexibility index (Phi) is 6.54. The van der Waals surface area contributed by atoms with Crippen LogP contribution in [-0.4, -0.2) is 54.9 Å². The summed E-state index contributed by atoms with van der Waals surface area (Å²) in [6.45, 7) is 7.07. The molecule has 0 atom stereocenters. The summed E-state index contributed by atoms with van der Waals surface area (Å²) in [5.74, 6) is 0.0848. The van der Waals surface area contributed by atoms with E-state index in [1.807, 2.05) is 30.3 Å². The summed E-state index contributed by atoms with van der Waals surface area (Å²) in [4.78, 5) is 30.1. The number of para-hydroxylation sites is 2. The fraction of sp³-hybridized carbons (Fsp3) is 0.391. The zero-order valence-electron chi connectivity index (χ0n) is 17.4. The molecular weight excluding hydrogens is 366 g/mol. The van der Waals surface area contributed by atoms with Gasteiger partial charge in [-0.25, -0.2) is 0 Å². The number of carbonyl (C=O) groups excluding carboxylic acids is 2. The number of nitrogens with one attached hydrogen (secondary N) is 1. The fourth-order valence-electron chi connectivity index (χ4n) is 3.47. The van der Waals surface area contributed by atoms with E-state index in [0.29, 0.717) is 24.5 Å². The van der Waals surface area contributed by atoms with Gasteiger partial charge in [0.25, 0.3) is 0 Å². The minimum absolute atomic E-state index is 0.149. The predicted molar refractivity (Wildman–Crippen MR) is 114 cm³/mol. The van der Waals surface area contributed by atoms with Gasteiger partial charge in [-0.2, -0.15) is 0 Å². The number of nitrogens with zero attached hydrogens (tertiary/aromatic N) is 2. The van der Waals surface area contributed by atoms with Crippen molar-refractivity contribution < 1.29 is 14.3 Å². The molecule has 6 heteroatoms. The topological polar surface area (TPSA) is 61.9 Å². The molecule has 0 spiro atoms. The summed E-state index contributed by atoms with van der Waals surface area (Å²) < 4.78 is 5.28. The number of piperazine rings is 1. The van der Waals surface area contributed by atoms with E-state index < -0.39 is 5.41 Å². The molecule has 1 heterocycles. The molecule has 2 aromatic carbocycles. The molecule has 0 aromatic heterocycles. The second-order valence-corrected chi connectivity index (χ2v) is 7.83. The van der Waals surface area contributed by atoms with Crippen molar-refractivity contribution >= 4 is 17.5 Å². The van der Waals surface area contributed by atoms with Crippen LogP contribution < -0.4 is 10.1 Å². The first-order chi connectivity index (χ1) is 13.9. The van der Waals surface area contributed by atoms with Crippen molar-refractivity contribution in [2.45, 2.75) is 20.4 Å². The molecule has 6 nitrogen and oxygen atoms in total. The van der Waals surface area contributed by atoms with Crippen LogP contribution in [0.4, 0.5) is 5.69 Å². The van der Waals surface area contributed by atoms with Crippen molar-refractivity contribution in [3.05, 3.63) is 60.2 Å². The maximum Gasteiger partial charge on any atom is 0.239 e. The van der Waals surface area contributed by atoms with Crippen molar-refractivity contribution in [3.8, 4) is 5.75 Å². The maximum atomic E-state index is 13.1. The lowest BCUT2D eigenvalue weighted by molar-refractivity contribution is -0.147. The predicted octanol–water partition coefficient (Wildman–Crippen LogP) is 3.00. The van der Waals surface area contributed by atoms with Crippen molar-refractivity contribution in [1.82, 2.24) is 9.80 Å². The van der Waals surface area contributed by atoms with E-state index in [1.54, 1.807) is 38.0 Å². The Balaban J connectivity index is 1.58. The number of ether oxygens (including phenoxy) is 1. The number of hydrogen-bond acceptors (Lipinski definition) is 4. The summed E-state index contributed by atoms with van der Waals surface area (Å²) in [6, 6.07) is 17.5. The average Bonchev–Trinajstić information content (AvgIpc) is 2.75. The van der Waals surface area contributed by atoms with Gasteiger partial charge in [0.1, 0.15) is 11.2 Å². The quantitative estimate of drug-likeness (QED) is 0.764. The maximum absolute atomic E-state index is 13.1. The first kappa shape index (κ1) is 20.9. The minimum atomic E-state index is -1.16. The Morgan fingerprint density at radius 1 is 0.966 bits per heavy atom. The van der Waals surface area contributed by atoms with E-state index in [2.05, 4.69) is 22.3 Å². The normalized spacial score (nSPS) is 15.1. The van der Waals surface area contributed by atoms with Crippen LogP contribution in [0.25, 0.3) is 0 Å². The number of hydrogen-bond donors (Lipinski definition) is 1. The summed E-state index contributed by atoms with van der Waals surface area (Å²) in [5.41, 5.74) is 0.667. The second-order valence-electron chi connectivity index (χ2n) is 7.83. The number of carbonyl (C=O) groups is 2. The number of methoxy groups -OCH3 is 1. The highest BCUT2D eigenvalue weighted by Crippen LogP contribution is 2.27. The van der Waals surface area contributed by atoms with Crippen molar-refractivity contribution in [1.29, 1.82) is 0 Å². The van der Waals surface area contributed by atoms with Gasteiger partial charge in [-0.15, -0.1) is 0 Å². The van der Waals surface area contributed by atoms with E-state index in [-0.39, 0.29) is 11.8 Å². The number of benzene rings is 2. The van der Waals surface area contributed by atoms with E-state index in [9.17, 15) is 9.59 Å². The molecule has 1 aliphatic heterocycles. The van der Waals surface area contributed by atoms with Gasteiger partial charge in [-0.3, -0.25) is 14.5 Å². The zero-order chi connectivity index (χ0) is 20.9. The van der Waals surface area contributed by atoms with Crippen LogP contribution in [0.15, 0.2) is 54.6 Å². The van der Waals surface area contributed by atoms with Gasteiger partial charge < -0.3 is 15.0 Å². The number of rotatable bonds is 6. The SMILES string of the molecule is COc1ccccc1NC(=O)C(C)(C)C(=O)N1CCN(Cc2ccccc2)CC1. The molecule has 1 N–H and O–H groups in total. The third-order valence-electron chi connectivity index (χ3n) is 5.37. The summed E-state index contributed by atoms with van der Waals surface area (Å²) in [7, 11) is 1.55. The first-order valence-electron chi connectivity index (χ1n) is 9.92. The molecule has 3 rings (SSSR count). The Morgan fingerprint density at radius 2 is 1.59 bits per heavy atom. The summed E-state index contributed by atoms with van der Waals surface area (Å²) >= 11 is 0. The lowest BCUT2D eigenvalue weighted by Gasteiger charge is -2.38. The number of amides is 2. The highest BCUT2D eigenvalue weighted by atomic mass is 16.5. The average molecular weight is 396 g/mol. The van der Waals surface area contributed by atoms with Crippen LogP contribution >= 0.6 is 0 Å². The van der Waals surface area contributed by atoms with E-state index in [1.165, 1.54) is 5.56 Å². The van der Waals surface area contributed by atoms with Crippen LogP contribution in [0.1, 0.15) is 19.4 Å².